The van der Waals surface area contributed by atoms with Gasteiger partial charge in [-0.25, -0.2) is 4.79 Å². The maximum atomic E-state index is 12.2. The number of carbonyl (C=O) groups excluding carboxylic acids is 1. The molecular weight excluding hydrogens is 268 g/mol. The molecule has 21 heavy (non-hydrogen) atoms. The summed E-state index contributed by atoms with van der Waals surface area (Å²) < 4.78 is 0. The third-order valence-electron chi connectivity index (χ3n) is 3.41. The molecule has 1 heterocycles. The Morgan fingerprint density at radius 2 is 1.76 bits per heavy atom. The Labute approximate surface area is 121 Å². The van der Waals surface area contributed by atoms with E-state index in [9.17, 15) is 9.59 Å². The number of Topliss-reactive ketones (excluding diaryl/α,β-unsaturated/α-hetero) is 1. The lowest BCUT2D eigenvalue weighted by atomic mass is 9.96. The van der Waals surface area contributed by atoms with E-state index in [4.69, 9.17) is 5.11 Å². The second-order valence-corrected chi connectivity index (χ2v) is 4.92. The van der Waals surface area contributed by atoms with Crippen LogP contribution in [0.5, 0.6) is 0 Å². The first-order chi connectivity index (χ1) is 10.1. The highest BCUT2D eigenvalue weighted by Crippen LogP contribution is 2.31. The summed E-state index contributed by atoms with van der Waals surface area (Å²) in [5.41, 5.74) is 3.67. The highest BCUT2D eigenvalue weighted by atomic mass is 16.4. The molecule has 1 aliphatic rings. The van der Waals surface area contributed by atoms with Gasteiger partial charge in [-0.3, -0.25) is 4.79 Å². The van der Waals surface area contributed by atoms with Crippen LogP contribution in [-0.4, -0.2) is 22.9 Å². The van der Waals surface area contributed by atoms with Crippen LogP contribution in [0, 0.1) is 6.92 Å². The number of aliphatic carboxylic acids is 1. The molecule has 0 spiro atoms. The Balaban J connectivity index is 2.06. The predicted molar refractivity (Wildman–Crippen MR) is 76.9 cm³/mol. The first-order valence-corrected chi connectivity index (χ1v) is 6.45. The van der Waals surface area contributed by atoms with Gasteiger partial charge in [0.1, 0.15) is 0 Å². The molecule has 1 aliphatic heterocycles. The summed E-state index contributed by atoms with van der Waals surface area (Å²) in [5, 5.41) is 16.3. The van der Waals surface area contributed by atoms with Crippen LogP contribution in [0.15, 0.2) is 52.7 Å². The molecule has 0 saturated carbocycles. The molecule has 3 rings (SSSR count). The molecule has 0 bridgehead atoms. The second kappa shape index (κ2) is 4.94. The Morgan fingerprint density at radius 1 is 1.10 bits per heavy atom. The number of nitrogens with zero attached hydrogens (tertiary/aromatic N) is 2. The number of rotatable bonds is 2. The van der Waals surface area contributed by atoms with Crippen molar-refractivity contribution in [3.05, 3.63) is 53.6 Å². The SMILES string of the molecule is Cc1ccc(-c2ccc3c(c2)C(=O)C(C(=O)O)N=N3)cc1. The maximum absolute atomic E-state index is 12.2. The van der Waals surface area contributed by atoms with Gasteiger partial charge in [0.05, 0.1) is 5.69 Å². The molecule has 0 amide bonds. The van der Waals surface area contributed by atoms with E-state index in [2.05, 4.69) is 10.2 Å². The molecule has 104 valence electrons. The van der Waals surface area contributed by atoms with E-state index in [1.807, 2.05) is 37.3 Å². The third kappa shape index (κ3) is 2.33. The van der Waals surface area contributed by atoms with Gasteiger partial charge in [-0.2, -0.15) is 10.2 Å². The van der Waals surface area contributed by atoms with Gasteiger partial charge in [-0.1, -0.05) is 35.9 Å². The van der Waals surface area contributed by atoms with Gasteiger partial charge in [-0.15, -0.1) is 0 Å². The topological polar surface area (TPSA) is 79.1 Å². The first kappa shape index (κ1) is 13.2. The van der Waals surface area contributed by atoms with E-state index >= 15 is 0 Å². The summed E-state index contributed by atoms with van der Waals surface area (Å²) in [4.78, 5) is 23.2. The van der Waals surface area contributed by atoms with E-state index in [1.54, 1.807) is 12.1 Å². The van der Waals surface area contributed by atoms with Crippen LogP contribution in [0.25, 0.3) is 11.1 Å². The minimum atomic E-state index is -1.44. The zero-order chi connectivity index (χ0) is 15.0. The van der Waals surface area contributed by atoms with Gasteiger partial charge in [-0.05, 0) is 30.2 Å². The molecule has 2 aromatic carbocycles. The molecule has 0 aromatic heterocycles. The van der Waals surface area contributed by atoms with Crippen LogP contribution in [0.3, 0.4) is 0 Å². The largest absolute Gasteiger partial charge is 0.479 e. The molecule has 0 aliphatic carbocycles. The lowest BCUT2D eigenvalue weighted by molar-refractivity contribution is -0.137. The first-order valence-electron chi connectivity index (χ1n) is 6.45. The van der Waals surface area contributed by atoms with Crippen LogP contribution < -0.4 is 0 Å². The fourth-order valence-corrected chi connectivity index (χ4v) is 2.23. The van der Waals surface area contributed by atoms with E-state index in [1.165, 1.54) is 0 Å². The Kier molecular flexibility index (Phi) is 3.10. The van der Waals surface area contributed by atoms with Gasteiger partial charge in [0.2, 0.25) is 11.8 Å². The number of ketones is 1. The van der Waals surface area contributed by atoms with Crippen LogP contribution in [-0.2, 0) is 4.79 Å². The number of carboxylic acid groups (broad SMARTS) is 1. The lowest BCUT2D eigenvalue weighted by Gasteiger charge is -2.14. The van der Waals surface area contributed by atoms with Crippen molar-refractivity contribution < 1.29 is 14.7 Å². The van der Waals surface area contributed by atoms with Crippen molar-refractivity contribution in [3.8, 4) is 11.1 Å². The van der Waals surface area contributed by atoms with E-state index in [0.717, 1.165) is 16.7 Å². The van der Waals surface area contributed by atoms with Gasteiger partial charge in [0, 0.05) is 5.56 Å². The zero-order valence-corrected chi connectivity index (χ0v) is 11.3. The Hall–Kier alpha value is -2.82. The van der Waals surface area contributed by atoms with E-state index < -0.39 is 17.8 Å². The van der Waals surface area contributed by atoms with Crippen molar-refractivity contribution in [1.29, 1.82) is 0 Å². The average molecular weight is 280 g/mol. The number of benzene rings is 2. The summed E-state index contributed by atoms with van der Waals surface area (Å²) in [5.74, 6) is -1.81. The van der Waals surface area contributed by atoms with Crippen molar-refractivity contribution in [2.24, 2.45) is 10.2 Å². The van der Waals surface area contributed by atoms with Crippen molar-refractivity contribution in [3.63, 3.8) is 0 Å². The average Bonchev–Trinajstić information content (AvgIpc) is 2.48. The van der Waals surface area contributed by atoms with Crippen LogP contribution >= 0.6 is 0 Å². The maximum Gasteiger partial charge on any atom is 0.338 e. The zero-order valence-electron chi connectivity index (χ0n) is 11.3. The van der Waals surface area contributed by atoms with Gasteiger partial charge >= 0.3 is 5.97 Å². The van der Waals surface area contributed by atoms with Crippen LogP contribution in [0.2, 0.25) is 0 Å². The fourth-order valence-electron chi connectivity index (χ4n) is 2.23. The molecular formula is C16H12N2O3. The Morgan fingerprint density at radius 3 is 2.43 bits per heavy atom. The van der Waals surface area contributed by atoms with Gasteiger partial charge in [0.15, 0.2) is 0 Å². The van der Waals surface area contributed by atoms with Crippen molar-refractivity contribution in [2.75, 3.05) is 0 Å². The molecule has 0 saturated heterocycles. The molecule has 1 N–H and O–H groups in total. The van der Waals surface area contributed by atoms with Gasteiger partial charge in [0.25, 0.3) is 0 Å². The molecule has 2 aromatic rings. The van der Waals surface area contributed by atoms with E-state index in [-0.39, 0.29) is 0 Å². The van der Waals surface area contributed by atoms with E-state index in [0.29, 0.717) is 11.3 Å². The number of azo groups is 1. The third-order valence-corrected chi connectivity index (χ3v) is 3.41. The second-order valence-electron chi connectivity index (χ2n) is 4.92. The summed E-state index contributed by atoms with van der Waals surface area (Å²) in [7, 11) is 0. The fraction of sp³-hybridized carbons (Fsp3) is 0.125. The number of hydrogen-bond acceptors (Lipinski definition) is 4. The number of carboxylic acids is 1. The van der Waals surface area contributed by atoms with Crippen molar-refractivity contribution in [2.45, 2.75) is 13.0 Å². The summed E-state index contributed by atoms with van der Waals surface area (Å²) in [6, 6.07) is 11.6. The summed E-state index contributed by atoms with van der Waals surface area (Å²) in [6.07, 6.45) is 0. The normalized spacial score (nSPS) is 16.6. The number of fused-ring (bicyclic) bond motifs is 1. The van der Waals surface area contributed by atoms with Crippen LogP contribution in [0.4, 0.5) is 5.69 Å². The molecule has 5 heteroatoms. The highest BCUT2D eigenvalue weighted by Gasteiger charge is 2.32. The smallest absolute Gasteiger partial charge is 0.338 e. The number of carbonyl (C=O) groups is 2. The minimum Gasteiger partial charge on any atom is -0.479 e. The Bertz CT molecular complexity index is 764. The van der Waals surface area contributed by atoms with Crippen molar-refractivity contribution >= 4 is 17.4 Å². The summed E-state index contributed by atoms with van der Waals surface area (Å²) >= 11 is 0. The molecule has 5 nitrogen and oxygen atoms in total. The minimum absolute atomic E-state index is 0.301. The lowest BCUT2D eigenvalue weighted by Crippen LogP contribution is -2.29. The highest BCUT2D eigenvalue weighted by molar-refractivity contribution is 6.15. The quantitative estimate of drug-likeness (QED) is 0.856. The van der Waals surface area contributed by atoms with Crippen molar-refractivity contribution in [1.82, 2.24) is 0 Å². The number of aryl methyl sites for hydroxylation is 1. The molecule has 0 fully saturated rings. The standard InChI is InChI=1S/C16H12N2O3/c1-9-2-4-10(5-3-9)11-6-7-13-12(8-11)15(19)14(16(20)21)18-17-13/h2-8,14H,1H3,(H,20,21). The monoisotopic (exact) mass is 280 g/mol. The molecule has 0 radical (unpaired) electrons. The number of hydrogen-bond donors (Lipinski definition) is 1. The predicted octanol–water partition coefficient (Wildman–Crippen LogP) is 3.40. The molecule has 1 unspecified atom stereocenters. The summed E-state index contributed by atoms with van der Waals surface area (Å²) in [6.45, 7) is 2.00. The molecule has 1 atom stereocenters. The van der Waals surface area contributed by atoms with Gasteiger partial charge < -0.3 is 5.11 Å². The van der Waals surface area contributed by atoms with Crippen LogP contribution in [0.1, 0.15) is 15.9 Å².